The first-order chi connectivity index (χ1) is 13.1. The fourth-order valence-corrected chi connectivity index (χ4v) is 4.50. The second-order valence-electron chi connectivity index (χ2n) is 8.17. The van der Waals surface area contributed by atoms with Crippen LogP contribution < -0.4 is 0 Å². The number of pyridine rings is 1. The number of rotatable bonds is 3. The Labute approximate surface area is 159 Å². The molecule has 0 saturated heterocycles. The molecular weight excluding hydrogens is 328 g/mol. The van der Waals surface area contributed by atoms with Crippen molar-refractivity contribution in [3.8, 4) is 0 Å². The maximum absolute atomic E-state index is 4.98. The fraction of sp³-hybridized carbons (Fsp3) is 0.240. The molecule has 0 unspecified atom stereocenters. The van der Waals surface area contributed by atoms with Gasteiger partial charge < -0.3 is 0 Å². The van der Waals surface area contributed by atoms with Crippen molar-refractivity contribution in [3.05, 3.63) is 72.3 Å². The van der Waals surface area contributed by atoms with Crippen LogP contribution in [0.3, 0.4) is 0 Å². The maximum Gasteiger partial charge on any atom is 0.146 e. The lowest BCUT2D eigenvalue weighted by Crippen LogP contribution is -2.16. The Kier molecular flexibility index (Phi) is 3.51. The summed E-state index contributed by atoms with van der Waals surface area (Å²) in [6.45, 7) is 6.96. The average Bonchev–Trinajstić information content (AvgIpc) is 3.08. The van der Waals surface area contributed by atoms with Crippen molar-refractivity contribution in [2.45, 2.75) is 39.0 Å². The minimum atomic E-state index is 0.164. The van der Waals surface area contributed by atoms with E-state index in [1.165, 1.54) is 45.6 Å². The lowest BCUT2D eigenvalue weighted by molar-refractivity contribution is 0.473. The van der Waals surface area contributed by atoms with Crippen LogP contribution in [0, 0.1) is 0 Å². The number of aromatic nitrogens is 2. The molecule has 0 bridgehead atoms. The van der Waals surface area contributed by atoms with E-state index in [4.69, 9.17) is 4.98 Å². The molecule has 2 aromatic heterocycles. The van der Waals surface area contributed by atoms with E-state index in [-0.39, 0.29) is 5.41 Å². The zero-order valence-electron chi connectivity index (χ0n) is 16.2. The second kappa shape index (κ2) is 5.82. The minimum absolute atomic E-state index is 0.164. The molecule has 3 aromatic carbocycles. The molecule has 0 aliphatic heterocycles. The van der Waals surface area contributed by atoms with E-state index < -0.39 is 0 Å². The topological polar surface area (TPSA) is 17.3 Å². The molecule has 2 heteroatoms. The van der Waals surface area contributed by atoms with Crippen LogP contribution in [0.1, 0.15) is 39.2 Å². The van der Waals surface area contributed by atoms with Crippen LogP contribution in [0.25, 0.3) is 38.4 Å². The summed E-state index contributed by atoms with van der Waals surface area (Å²) in [6.07, 6.45) is 2.37. The van der Waals surface area contributed by atoms with Gasteiger partial charge in [-0.25, -0.2) is 4.98 Å². The average molecular weight is 352 g/mol. The maximum atomic E-state index is 4.98. The summed E-state index contributed by atoms with van der Waals surface area (Å²) < 4.78 is 2.35. The Balaban J connectivity index is 2.00. The highest BCUT2D eigenvalue weighted by Gasteiger charge is 2.21. The van der Waals surface area contributed by atoms with Crippen molar-refractivity contribution in [2.24, 2.45) is 0 Å². The summed E-state index contributed by atoms with van der Waals surface area (Å²) in [6, 6.07) is 24.1. The van der Waals surface area contributed by atoms with Crippen LogP contribution in [0.4, 0.5) is 0 Å². The van der Waals surface area contributed by atoms with Gasteiger partial charge in [0, 0.05) is 10.8 Å². The quantitative estimate of drug-likeness (QED) is 0.324. The van der Waals surface area contributed by atoms with Crippen molar-refractivity contribution < 1.29 is 0 Å². The number of imidazole rings is 1. The molecular formula is C25H24N2. The summed E-state index contributed by atoms with van der Waals surface area (Å²) in [5, 5.41) is 3.77. The molecule has 0 atom stereocenters. The first-order valence-corrected chi connectivity index (χ1v) is 9.82. The second-order valence-corrected chi connectivity index (χ2v) is 8.17. The van der Waals surface area contributed by atoms with Crippen molar-refractivity contribution >= 4 is 38.4 Å². The van der Waals surface area contributed by atoms with Crippen LogP contribution in [-0.4, -0.2) is 9.38 Å². The Morgan fingerprint density at radius 1 is 0.815 bits per heavy atom. The highest BCUT2D eigenvalue weighted by atomic mass is 15.0. The highest BCUT2D eigenvalue weighted by molar-refractivity contribution is 6.13. The fourth-order valence-electron chi connectivity index (χ4n) is 4.50. The minimum Gasteiger partial charge on any atom is -0.292 e. The Morgan fingerprint density at radius 3 is 2.37 bits per heavy atom. The molecule has 0 aliphatic rings. The van der Waals surface area contributed by atoms with Crippen LogP contribution in [-0.2, 0) is 5.41 Å². The Hall–Kier alpha value is -2.87. The van der Waals surface area contributed by atoms with E-state index in [1.54, 1.807) is 0 Å². The zero-order valence-corrected chi connectivity index (χ0v) is 16.2. The summed E-state index contributed by atoms with van der Waals surface area (Å²) >= 11 is 0. The van der Waals surface area contributed by atoms with Gasteiger partial charge in [0.1, 0.15) is 5.65 Å². The Bertz CT molecular complexity index is 1310. The predicted molar refractivity (Wildman–Crippen MR) is 116 cm³/mol. The van der Waals surface area contributed by atoms with Crippen LogP contribution in [0.15, 0.2) is 66.7 Å². The molecule has 0 spiro atoms. The summed E-state index contributed by atoms with van der Waals surface area (Å²) in [7, 11) is 0. The van der Waals surface area contributed by atoms with E-state index in [0.29, 0.717) is 0 Å². The molecule has 27 heavy (non-hydrogen) atoms. The van der Waals surface area contributed by atoms with Crippen molar-refractivity contribution in [1.29, 1.82) is 0 Å². The van der Waals surface area contributed by atoms with Gasteiger partial charge in [-0.15, -0.1) is 0 Å². The van der Waals surface area contributed by atoms with Gasteiger partial charge in [0.05, 0.1) is 16.6 Å². The van der Waals surface area contributed by atoms with Gasteiger partial charge in [-0.2, -0.15) is 0 Å². The molecule has 0 radical (unpaired) electrons. The van der Waals surface area contributed by atoms with Gasteiger partial charge in [-0.05, 0) is 41.0 Å². The third-order valence-electron chi connectivity index (χ3n) is 5.91. The molecule has 2 heterocycles. The molecule has 134 valence electrons. The molecule has 2 nitrogen and oxygen atoms in total. The predicted octanol–water partition coefficient (Wildman–Crippen LogP) is 6.87. The number of hydrogen-bond donors (Lipinski definition) is 0. The third kappa shape index (κ3) is 2.36. The van der Waals surface area contributed by atoms with Crippen LogP contribution >= 0.6 is 0 Å². The van der Waals surface area contributed by atoms with Gasteiger partial charge in [0.15, 0.2) is 0 Å². The smallest absolute Gasteiger partial charge is 0.146 e. The number of para-hydroxylation sites is 2. The molecule has 0 N–H and O–H groups in total. The Morgan fingerprint density at radius 2 is 1.56 bits per heavy atom. The molecule has 0 saturated carbocycles. The number of benzene rings is 3. The summed E-state index contributed by atoms with van der Waals surface area (Å²) in [5.74, 6) is 0. The van der Waals surface area contributed by atoms with E-state index >= 15 is 0 Å². The number of nitrogens with zero attached hydrogens (tertiary/aromatic N) is 2. The zero-order chi connectivity index (χ0) is 18.6. The van der Waals surface area contributed by atoms with Gasteiger partial charge in [0.2, 0.25) is 0 Å². The third-order valence-corrected chi connectivity index (χ3v) is 5.91. The van der Waals surface area contributed by atoms with Gasteiger partial charge in [0.25, 0.3) is 0 Å². The van der Waals surface area contributed by atoms with Crippen molar-refractivity contribution in [2.75, 3.05) is 0 Å². The van der Waals surface area contributed by atoms with E-state index in [0.717, 1.165) is 11.2 Å². The van der Waals surface area contributed by atoms with Gasteiger partial charge in [-0.3, -0.25) is 4.40 Å². The van der Waals surface area contributed by atoms with Gasteiger partial charge in [-0.1, -0.05) is 75.7 Å². The SMILES string of the molecule is CCCC(C)(C)c1ccc2c3ccccc3c3nc4ccccc4n3c2c1. The molecule has 0 amide bonds. The van der Waals surface area contributed by atoms with Gasteiger partial charge >= 0.3 is 0 Å². The van der Waals surface area contributed by atoms with Crippen molar-refractivity contribution in [1.82, 2.24) is 9.38 Å². The lowest BCUT2D eigenvalue weighted by atomic mass is 9.80. The lowest BCUT2D eigenvalue weighted by Gasteiger charge is -2.25. The first kappa shape index (κ1) is 16.3. The van der Waals surface area contributed by atoms with E-state index in [2.05, 4.69) is 91.9 Å². The van der Waals surface area contributed by atoms with E-state index in [9.17, 15) is 0 Å². The molecule has 0 aliphatic carbocycles. The summed E-state index contributed by atoms with van der Waals surface area (Å²) in [5.41, 5.74) is 6.08. The van der Waals surface area contributed by atoms with Crippen LogP contribution in [0.2, 0.25) is 0 Å². The monoisotopic (exact) mass is 352 g/mol. The highest BCUT2D eigenvalue weighted by Crippen LogP contribution is 2.36. The van der Waals surface area contributed by atoms with Crippen LogP contribution in [0.5, 0.6) is 0 Å². The summed E-state index contributed by atoms with van der Waals surface area (Å²) in [4.78, 5) is 4.98. The molecule has 5 rings (SSSR count). The normalized spacial score (nSPS) is 12.6. The number of hydrogen-bond acceptors (Lipinski definition) is 1. The molecule has 0 fully saturated rings. The van der Waals surface area contributed by atoms with E-state index in [1.807, 2.05) is 0 Å². The largest absolute Gasteiger partial charge is 0.292 e. The first-order valence-electron chi connectivity index (χ1n) is 9.82. The standard InChI is InChI=1S/C25H24N2/c1-4-15-25(2,3)17-13-14-19-18-9-5-6-10-20(18)24-26-21-11-7-8-12-22(21)27(24)23(19)16-17/h5-14,16H,4,15H2,1-3H3. The number of fused-ring (bicyclic) bond motifs is 8. The van der Waals surface area contributed by atoms with Crippen molar-refractivity contribution in [3.63, 3.8) is 0 Å². The molecule has 5 aromatic rings.